The Kier molecular flexibility index (Phi) is 7.94. The van der Waals surface area contributed by atoms with E-state index in [-0.39, 0.29) is 12.0 Å². The number of likely N-dealkylation sites (tertiary alicyclic amines) is 1. The Morgan fingerprint density at radius 3 is 2.56 bits per heavy atom. The zero-order chi connectivity index (χ0) is 20.0. The maximum Gasteiger partial charge on any atom is 0.407 e. The van der Waals surface area contributed by atoms with Gasteiger partial charge >= 0.3 is 6.09 Å². The molecule has 0 aromatic heterocycles. The number of nitrogens with one attached hydrogen (secondary N) is 2. The molecule has 1 heterocycles. The third kappa shape index (κ3) is 8.07. The number of hydrogen-bond donors (Lipinski definition) is 2. The first-order chi connectivity index (χ1) is 12.6. The first kappa shape index (κ1) is 22.0. The molecule has 2 amide bonds. The molecule has 0 spiro atoms. The summed E-state index contributed by atoms with van der Waals surface area (Å²) in [5, 5.41) is 6.19. The lowest BCUT2D eigenvalue weighted by Gasteiger charge is -2.31. The highest BCUT2D eigenvalue weighted by Gasteiger charge is 2.23. The van der Waals surface area contributed by atoms with E-state index in [0.29, 0.717) is 29.7 Å². The van der Waals surface area contributed by atoms with Crippen molar-refractivity contribution in [1.29, 1.82) is 0 Å². The van der Waals surface area contributed by atoms with E-state index >= 15 is 0 Å². The highest BCUT2D eigenvalue weighted by Crippen LogP contribution is 2.25. The van der Waals surface area contributed by atoms with E-state index in [1.165, 1.54) is 0 Å². The summed E-state index contributed by atoms with van der Waals surface area (Å²) < 4.78 is 6.12. The molecular formula is C19H27BrClN3O3. The van der Waals surface area contributed by atoms with Gasteiger partial charge in [-0.1, -0.05) is 27.5 Å². The van der Waals surface area contributed by atoms with Gasteiger partial charge in [0.1, 0.15) is 5.60 Å². The third-order valence-electron chi connectivity index (χ3n) is 4.21. The van der Waals surface area contributed by atoms with Crippen molar-refractivity contribution in [3.63, 3.8) is 0 Å². The van der Waals surface area contributed by atoms with Gasteiger partial charge in [-0.2, -0.15) is 0 Å². The summed E-state index contributed by atoms with van der Waals surface area (Å²) in [5.74, 6) is 0.322. The van der Waals surface area contributed by atoms with Crippen LogP contribution in [0.3, 0.4) is 0 Å². The van der Waals surface area contributed by atoms with Gasteiger partial charge in [-0.3, -0.25) is 9.69 Å². The molecular weight excluding hydrogens is 434 g/mol. The number of halogens is 2. The fraction of sp³-hybridized carbons (Fsp3) is 0.579. The summed E-state index contributed by atoms with van der Waals surface area (Å²) >= 11 is 9.48. The first-order valence-electron chi connectivity index (χ1n) is 9.06. The van der Waals surface area contributed by atoms with Gasteiger partial charge in [-0.05, 0) is 70.8 Å². The minimum absolute atomic E-state index is 0.0791. The van der Waals surface area contributed by atoms with Gasteiger partial charge in [0.2, 0.25) is 5.91 Å². The zero-order valence-electron chi connectivity index (χ0n) is 16.0. The van der Waals surface area contributed by atoms with Crippen LogP contribution < -0.4 is 10.6 Å². The van der Waals surface area contributed by atoms with Crippen LogP contribution in [0.15, 0.2) is 22.7 Å². The number of rotatable bonds is 5. The Labute approximate surface area is 174 Å². The van der Waals surface area contributed by atoms with E-state index in [0.717, 1.165) is 30.4 Å². The fourth-order valence-corrected chi connectivity index (χ4v) is 3.59. The predicted octanol–water partition coefficient (Wildman–Crippen LogP) is 4.28. The molecule has 0 atom stereocenters. The topological polar surface area (TPSA) is 70.7 Å². The SMILES string of the molecule is CC(C)(C)OC(=O)NCC1CCN(CC(=O)Nc2ccc(Br)cc2Cl)CC1. The van der Waals surface area contributed by atoms with Crippen molar-refractivity contribution in [3.8, 4) is 0 Å². The molecule has 1 fully saturated rings. The summed E-state index contributed by atoms with van der Waals surface area (Å²) in [6.45, 7) is 8.11. The molecule has 1 aromatic rings. The van der Waals surface area contributed by atoms with Crippen LogP contribution in [0.25, 0.3) is 0 Å². The van der Waals surface area contributed by atoms with Gasteiger partial charge in [0.15, 0.2) is 0 Å². The third-order valence-corrected chi connectivity index (χ3v) is 5.02. The summed E-state index contributed by atoms with van der Waals surface area (Å²) in [6, 6.07) is 5.36. The van der Waals surface area contributed by atoms with E-state index in [2.05, 4.69) is 31.5 Å². The summed E-state index contributed by atoms with van der Waals surface area (Å²) in [7, 11) is 0. The van der Waals surface area contributed by atoms with Crippen LogP contribution in [0.1, 0.15) is 33.6 Å². The van der Waals surface area contributed by atoms with E-state index < -0.39 is 5.60 Å². The molecule has 150 valence electrons. The summed E-state index contributed by atoms with van der Waals surface area (Å²) in [5.41, 5.74) is 0.125. The fourth-order valence-electron chi connectivity index (χ4n) is 2.87. The van der Waals surface area contributed by atoms with Crippen molar-refractivity contribution < 1.29 is 14.3 Å². The largest absolute Gasteiger partial charge is 0.444 e. The molecule has 0 aliphatic carbocycles. The van der Waals surface area contributed by atoms with Gasteiger partial charge in [0.25, 0.3) is 0 Å². The number of benzene rings is 1. The van der Waals surface area contributed by atoms with Crippen LogP contribution in [0, 0.1) is 5.92 Å². The number of carbonyl (C=O) groups is 2. The highest BCUT2D eigenvalue weighted by molar-refractivity contribution is 9.10. The van der Waals surface area contributed by atoms with Gasteiger partial charge in [-0.15, -0.1) is 0 Å². The molecule has 1 aliphatic heterocycles. The van der Waals surface area contributed by atoms with Gasteiger partial charge in [0.05, 0.1) is 17.3 Å². The van der Waals surface area contributed by atoms with E-state index in [1.54, 1.807) is 12.1 Å². The lowest BCUT2D eigenvalue weighted by Crippen LogP contribution is -2.42. The minimum atomic E-state index is -0.488. The van der Waals surface area contributed by atoms with Gasteiger partial charge in [0, 0.05) is 11.0 Å². The van der Waals surface area contributed by atoms with Gasteiger partial charge in [-0.25, -0.2) is 4.79 Å². The number of piperidine rings is 1. The van der Waals surface area contributed by atoms with Crippen molar-refractivity contribution in [3.05, 3.63) is 27.7 Å². The molecule has 1 aromatic carbocycles. The predicted molar refractivity (Wildman–Crippen MR) is 111 cm³/mol. The van der Waals surface area contributed by atoms with Crippen LogP contribution in [0.5, 0.6) is 0 Å². The molecule has 2 rings (SSSR count). The Bertz CT molecular complexity index is 671. The minimum Gasteiger partial charge on any atom is -0.444 e. The molecule has 0 bridgehead atoms. The number of anilines is 1. The average molecular weight is 461 g/mol. The average Bonchev–Trinajstić information content (AvgIpc) is 2.55. The highest BCUT2D eigenvalue weighted by atomic mass is 79.9. The molecule has 27 heavy (non-hydrogen) atoms. The van der Waals surface area contributed by atoms with E-state index in [4.69, 9.17) is 16.3 Å². The van der Waals surface area contributed by atoms with Crippen LogP contribution in [0.4, 0.5) is 10.5 Å². The normalized spacial score (nSPS) is 16.0. The van der Waals surface area contributed by atoms with Crippen LogP contribution in [-0.2, 0) is 9.53 Å². The lowest BCUT2D eigenvalue weighted by molar-refractivity contribution is -0.117. The number of nitrogens with zero attached hydrogens (tertiary/aromatic N) is 1. The summed E-state index contributed by atoms with van der Waals surface area (Å²) in [6.07, 6.45) is 1.49. The van der Waals surface area contributed by atoms with Crippen molar-refractivity contribution in [2.75, 3.05) is 31.5 Å². The second-order valence-corrected chi connectivity index (χ2v) is 9.10. The van der Waals surface area contributed by atoms with Crippen molar-refractivity contribution >= 4 is 45.2 Å². The molecule has 0 radical (unpaired) electrons. The Morgan fingerprint density at radius 2 is 1.96 bits per heavy atom. The number of alkyl carbamates (subject to hydrolysis) is 1. The number of carbonyl (C=O) groups excluding carboxylic acids is 2. The quantitative estimate of drug-likeness (QED) is 0.688. The smallest absolute Gasteiger partial charge is 0.407 e. The molecule has 2 N–H and O–H groups in total. The number of hydrogen-bond acceptors (Lipinski definition) is 4. The molecule has 1 aliphatic rings. The Morgan fingerprint density at radius 1 is 1.30 bits per heavy atom. The Hall–Kier alpha value is -1.31. The lowest BCUT2D eigenvalue weighted by atomic mass is 9.97. The van der Waals surface area contributed by atoms with Crippen LogP contribution in [-0.4, -0.2) is 48.7 Å². The molecule has 0 unspecified atom stereocenters. The molecule has 1 saturated heterocycles. The summed E-state index contributed by atoms with van der Waals surface area (Å²) in [4.78, 5) is 26.1. The maximum atomic E-state index is 12.3. The van der Waals surface area contributed by atoms with Crippen molar-refractivity contribution in [2.45, 2.75) is 39.2 Å². The standard InChI is InChI=1S/C19H27BrClN3O3/c1-19(2,3)27-18(26)22-11-13-6-8-24(9-7-13)12-17(25)23-16-5-4-14(20)10-15(16)21/h4-5,10,13H,6-9,11-12H2,1-3H3,(H,22,26)(H,23,25). The number of amides is 2. The maximum absolute atomic E-state index is 12.3. The molecule has 6 nitrogen and oxygen atoms in total. The molecule has 8 heteroatoms. The second kappa shape index (κ2) is 9.75. The van der Waals surface area contributed by atoms with Crippen LogP contribution >= 0.6 is 27.5 Å². The van der Waals surface area contributed by atoms with Crippen LogP contribution in [0.2, 0.25) is 5.02 Å². The van der Waals surface area contributed by atoms with Crippen molar-refractivity contribution in [2.24, 2.45) is 5.92 Å². The van der Waals surface area contributed by atoms with E-state index in [9.17, 15) is 9.59 Å². The number of ether oxygens (including phenoxy) is 1. The van der Waals surface area contributed by atoms with Gasteiger partial charge < -0.3 is 15.4 Å². The van der Waals surface area contributed by atoms with E-state index in [1.807, 2.05) is 26.8 Å². The first-order valence-corrected chi connectivity index (χ1v) is 10.2. The Balaban J connectivity index is 1.69. The monoisotopic (exact) mass is 459 g/mol. The molecule has 0 saturated carbocycles. The zero-order valence-corrected chi connectivity index (χ0v) is 18.3. The van der Waals surface area contributed by atoms with Crippen molar-refractivity contribution in [1.82, 2.24) is 10.2 Å². The second-order valence-electron chi connectivity index (χ2n) is 7.77.